The molecule has 158 valence electrons. The first kappa shape index (κ1) is 21.1. The summed E-state index contributed by atoms with van der Waals surface area (Å²) < 4.78 is 7.71. The SMILES string of the molecule is [11CH3]Oc1ccc(-c2c(C#N)c(C(=O)NN3CCCCC3)nn2-c2ccccc2Br)cc1. The number of amides is 1. The third kappa shape index (κ3) is 4.33. The molecule has 2 heterocycles. The van der Waals surface area contributed by atoms with E-state index in [1.54, 1.807) is 11.8 Å². The van der Waals surface area contributed by atoms with Gasteiger partial charge in [-0.15, -0.1) is 0 Å². The molecule has 2 aromatic carbocycles. The number of hydrazine groups is 1. The fourth-order valence-electron chi connectivity index (χ4n) is 3.70. The van der Waals surface area contributed by atoms with Gasteiger partial charge in [0.15, 0.2) is 5.69 Å². The van der Waals surface area contributed by atoms with Gasteiger partial charge >= 0.3 is 0 Å². The molecule has 1 amide bonds. The Morgan fingerprint density at radius 1 is 1.13 bits per heavy atom. The normalized spacial score (nSPS) is 14.1. The predicted octanol–water partition coefficient (Wildman–Crippen LogP) is 4.31. The molecule has 1 saturated heterocycles. The molecule has 1 fully saturated rings. The minimum Gasteiger partial charge on any atom is -0.497 e. The molecule has 0 bridgehead atoms. The number of benzene rings is 2. The average Bonchev–Trinajstić information content (AvgIpc) is 3.19. The first-order valence-corrected chi connectivity index (χ1v) is 10.9. The Hall–Kier alpha value is -3.15. The fraction of sp³-hybridized carbons (Fsp3) is 0.261. The van der Waals surface area contributed by atoms with Crippen LogP contribution in [0.1, 0.15) is 35.3 Å². The number of aromatic nitrogens is 2. The van der Waals surface area contributed by atoms with E-state index in [1.807, 2.05) is 53.5 Å². The van der Waals surface area contributed by atoms with Crippen molar-refractivity contribution in [3.63, 3.8) is 0 Å². The topological polar surface area (TPSA) is 83.2 Å². The predicted molar refractivity (Wildman–Crippen MR) is 121 cm³/mol. The fourth-order valence-corrected chi connectivity index (χ4v) is 4.15. The summed E-state index contributed by atoms with van der Waals surface area (Å²) in [6.07, 6.45) is 3.23. The molecule has 1 aliphatic rings. The van der Waals surface area contributed by atoms with Crippen molar-refractivity contribution < 1.29 is 9.53 Å². The van der Waals surface area contributed by atoms with E-state index in [-0.39, 0.29) is 17.2 Å². The Bertz CT molecular complexity index is 1130. The number of hydrogen-bond acceptors (Lipinski definition) is 5. The average molecular weight is 479 g/mol. The van der Waals surface area contributed by atoms with Gasteiger partial charge in [-0.05, 0) is 65.2 Å². The Balaban J connectivity index is 1.83. The van der Waals surface area contributed by atoms with Gasteiger partial charge in [-0.1, -0.05) is 18.6 Å². The standard InChI is InChI=1S/C23H22BrN5O2/c1-31-17-11-9-16(10-12-17)22-18(15-25)21(23(30)27-28-13-5-2-6-14-28)26-29(22)20-8-4-3-7-19(20)24/h3-4,7-12H,2,5-6,13-14H2,1H3,(H,27,30)/i1-1. The van der Waals surface area contributed by atoms with Crippen molar-refractivity contribution in [2.24, 2.45) is 0 Å². The summed E-state index contributed by atoms with van der Waals surface area (Å²) in [4.78, 5) is 13.1. The van der Waals surface area contributed by atoms with Gasteiger partial charge in [0.1, 0.15) is 17.4 Å². The summed E-state index contributed by atoms with van der Waals surface area (Å²) >= 11 is 3.56. The van der Waals surface area contributed by atoms with E-state index >= 15 is 0 Å². The summed E-state index contributed by atoms with van der Waals surface area (Å²) in [6, 6.07) is 17.1. The van der Waals surface area contributed by atoms with Crippen LogP contribution in [-0.4, -0.2) is 40.9 Å². The highest BCUT2D eigenvalue weighted by Gasteiger charge is 2.27. The zero-order valence-electron chi connectivity index (χ0n) is 17.1. The second-order valence-corrected chi connectivity index (χ2v) is 8.12. The van der Waals surface area contributed by atoms with E-state index in [0.717, 1.165) is 48.1 Å². The molecule has 0 unspecified atom stereocenters. The first-order valence-electron chi connectivity index (χ1n) is 10.1. The zero-order valence-corrected chi connectivity index (χ0v) is 18.7. The summed E-state index contributed by atoms with van der Waals surface area (Å²) in [6.45, 7) is 1.59. The Morgan fingerprint density at radius 2 is 1.84 bits per heavy atom. The van der Waals surface area contributed by atoms with Crippen LogP contribution in [0.5, 0.6) is 5.75 Å². The van der Waals surface area contributed by atoms with Crippen LogP contribution >= 0.6 is 15.9 Å². The highest BCUT2D eigenvalue weighted by Crippen LogP contribution is 2.32. The van der Waals surface area contributed by atoms with Crippen LogP contribution in [0.25, 0.3) is 16.9 Å². The number of nitrogens with one attached hydrogen (secondary N) is 1. The number of halogens is 1. The van der Waals surface area contributed by atoms with Crippen LogP contribution < -0.4 is 10.2 Å². The molecule has 3 aromatic rings. The second kappa shape index (κ2) is 9.33. The van der Waals surface area contributed by atoms with Gasteiger partial charge in [-0.3, -0.25) is 10.2 Å². The Kier molecular flexibility index (Phi) is 6.35. The van der Waals surface area contributed by atoms with Crippen LogP contribution in [0.4, 0.5) is 0 Å². The number of ether oxygens (including phenoxy) is 1. The van der Waals surface area contributed by atoms with E-state index in [4.69, 9.17) is 4.74 Å². The van der Waals surface area contributed by atoms with Gasteiger partial charge in [-0.25, -0.2) is 9.69 Å². The molecule has 1 N–H and O–H groups in total. The molecule has 8 heteroatoms. The van der Waals surface area contributed by atoms with Crippen molar-refractivity contribution >= 4 is 21.8 Å². The molecule has 0 atom stereocenters. The zero-order chi connectivity index (χ0) is 21.8. The lowest BCUT2D eigenvalue weighted by Crippen LogP contribution is -2.45. The number of nitrogens with zero attached hydrogens (tertiary/aromatic N) is 4. The number of piperidine rings is 1. The quantitative estimate of drug-likeness (QED) is 0.590. The summed E-state index contributed by atoms with van der Waals surface area (Å²) in [7, 11) is 1.60. The third-order valence-corrected chi connectivity index (χ3v) is 5.94. The van der Waals surface area contributed by atoms with E-state index in [2.05, 4.69) is 32.5 Å². The van der Waals surface area contributed by atoms with Crippen molar-refractivity contribution in [2.45, 2.75) is 19.3 Å². The van der Waals surface area contributed by atoms with Crippen molar-refractivity contribution in [3.8, 4) is 28.8 Å². The molecule has 0 aliphatic carbocycles. The van der Waals surface area contributed by atoms with Crippen LogP contribution in [0, 0.1) is 11.3 Å². The molecule has 0 saturated carbocycles. The molecular formula is C23H22BrN5O2. The number of carbonyl (C=O) groups is 1. The van der Waals surface area contributed by atoms with Crippen molar-refractivity contribution in [3.05, 3.63) is 64.3 Å². The highest BCUT2D eigenvalue weighted by molar-refractivity contribution is 9.10. The van der Waals surface area contributed by atoms with Crippen LogP contribution in [0.15, 0.2) is 53.0 Å². The maximum atomic E-state index is 13.1. The summed E-state index contributed by atoms with van der Waals surface area (Å²) in [5.74, 6) is 0.330. The minimum atomic E-state index is -0.376. The highest BCUT2D eigenvalue weighted by atomic mass is 79.9. The van der Waals surface area contributed by atoms with Gasteiger partial charge < -0.3 is 4.74 Å². The monoisotopic (exact) mass is 478 g/mol. The molecule has 1 aromatic heterocycles. The largest absolute Gasteiger partial charge is 0.497 e. The third-order valence-electron chi connectivity index (χ3n) is 5.27. The number of rotatable bonds is 5. The Morgan fingerprint density at radius 3 is 2.48 bits per heavy atom. The maximum absolute atomic E-state index is 13.1. The van der Waals surface area contributed by atoms with Gasteiger partial charge in [0.25, 0.3) is 5.91 Å². The van der Waals surface area contributed by atoms with Crippen molar-refractivity contribution in [1.29, 1.82) is 5.26 Å². The molecular weight excluding hydrogens is 457 g/mol. The van der Waals surface area contributed by atoms with E-state index < -0.39 is 0 Å². The summed E-state index contributed by atoms with van der Waals surface area (Å²) in [5, 5.41) is 16.5. The Labute approximate surface area is 189 Å². The number of hydrogen-bond donors (Lipinski definition) is 1. The second-order valence-electron chi connectivity index (χ2n) is 7.26. The molecule has 1 aliphatic heterocycles. The van der Waals surface area contributed by atoms with Crippen LogP contribution in [0.3, 0.4) is 0 Å². The van der Waals surface area contributed by atoms with Gasteiger partial charge in [0, 0.05) is 23.1 Å². The van der Waals surface area contributed by atoms with Gasteiger partial charge in [0.05, 0.1) is 18.5 Å². The molecule has 4 rings (SSSR count). The molecule has 7 nitrogen and oxygen atoms in total. The maximum Gasteiger partial charge on any atom is 0.287 e. The molecule has 31 heavy (non-hydrogen) atoms. The number of nitriles is 1. The lowest BCUT2D eigenvalue weighted by atomic mass is 10.1. The minimum absolute atomic E-state index is 0.106. The van der Waals surface area contributed by atoms with Crippen LogP contribution in [0.2, 0.25) is 0 Å². The van der Waals surface area contributed by atoms with Crippen LogP contribution in [-0.2, 0) is 0 Å². The first-order chi connectivity index (χ1) is 15.1. The number of carbonyl (C=O) groups excluding carboxylic acids is 1. The van der Waals surface area contributed by atoms with Crippen molar-refractivity contribution in [2.75, 3.05) is 20.2 Å². The van der Waals surface area contributed by atoms with E-state index in [1.165, 1.54) is 0 Å². The van der Waals surface area contributed by atoms with E-state index in [0.29, 0.717) is 11.4 Å². The lowest BCUT2D eigenvalue weighted by molar-refractivity contribution is 0.0744. The lowest BCUT2D eigenvalue weighted by Gasteiger charge is -2.26. The van der Waals surface area contributed by atoms with E-state index in [9.17, 15) is 10.1 Å². The van der Waals surface area contributed by atoms with Gasteiger partial charge in [-0.2, -0.15) is 10.4 Å². The summed E-state index contributed by atoms with van der Waals surface area (Å²) in [5.41, 5.74) is 5.32. The number of methoxy groups -OCH3 is 1. The smallest absolute Gasteiger partial charge is 0.287 e. The van der Waals surface area contributed by atoms with Crippen molar-refractivity contribution in [1.82, 2.24) is 20.2 Å². The molecule has 0 radical (unpaired) electrons. The molecule has 0 spiro atoms. The number of para-hydroxylation sites is 1. The van der Waals surface area contributed by atoms with Gasteiger partial charge in [0.2, 0.25) is 0 Å².